The Kier molecular flexibility index (Phi) is 4.82. The molecule has 104 valence electrons. The highest BCUT2D eigenvalue weighted by Gasteiger charge is 2.38. The molecule has 0 aromatic heterocycles. The van der Waals surface area contributed by atoms with E-state index in [-0.39, 0.29) is 22.3 Å². The van der Waals surface area contributed by atoms with Crippen LogP contribution in [0.15, 0.2) is 24.3 Å². The van der Waals surface area contributed by atoms with Crippen molar-refractivity contribution in [3.63, 3.8) is 0 Å². The van der Waals surface area contributed by atoms with Crippen LogP contribution in [0.3, 0.4) is 0 Å². The van der Waals surface area contributed by atoms with E-state index in [2.05, 4.69) is 5.32 Å². The number of amides is 1. The number of hydrogen-bond acceptors (Lipinski definition) is 3. The van der Waals surface area contributed by atoms with Gasteiger partial charge in [-0.3, -0.25) is 4.79 Å². The Morgan fingerprint density at radius 2 is 2.16 bits per heavy atom. The van der Waals surface area contributed by atoms with E-state index in [9.17, 15) is 9.18 Å². The third kappa shape index (κ3) is 3.09. The van der Waals surface area contributed by atoms with Gasteiger partial charge in [0.2, 0.25) is 5.91 Å². The number of thioether (sulfide) groups is 1. The summed E-state index contributed by atoms with van der Waals surface area (Å²) >= 11 is 1.52. The van der Waals surface area contributed by atoms with Crippen molar-refractivity contribution < 1.29 is 9.18 Å². The number of halogens is 1. The van der Waals surface area contributed by atoms with E-state index >= 15 is 0 Å². The van der Waals surface area contributed by atoms with Gasteiger partial charge in [0.1, 0.15) is 11.2 Å². The van der Waals surface area contributed by atoms with Crippen molar-refractivity contribution in [1.82, 2.24) is 10.2 Å². The van der Waals surface area contributed by atoms with Gasteiger partial charge in [-0.25, -0.2) is 4.39 Å². The molecule has 2 atom stereocenters. The first-order valence-electron chi connectivity index (χ1n) is 6.56. The Bertz CT molecular complexity index is 455. The zero-order valence-electron chi connectivity index (χ0n) is 11.2. The molecule has 0 spiro atoms. The number of rotatable bonds is 5. The van der Waals surface area contributed by atoms with Crippen LogP contribution in [0.1, 0.15) is 24.8 Å². The second kappa shape index (κ2) is 6.39. The average Bonchev–Trinajstić information content (AvgIpc) is 2.68. The van der Waals surface area contributed by atoms with Crippen LogP contribution < -0.4 is 5.32 Å². The topological polar surface area (TPSA) is 32.3 Å². The molecule has 19 heavy (non-hydrogen) atoms. The van der Waals surface area contributed by atoms with Crippen LogP contribution in [0, 0.1) is 5.82 Å². The van der Waals surface area contributed by atoms with Gasteiger partial charge in [-0.1, -0.05) is 25.1 Å². The molecule has 2 unspecified atom stereocenters. The zero-order chi connectivity index (χ0) is 13.8. The molecule has 5 heteroatoms. The number of nitrogens with one attached hydrogen (secondary N) is 1. The maximum absolute atomic E-state index is 13.9. The summed E-state index contributed by atoms with van der Waals surface area (Å²) in [7, 11) is 0. The van der Waals surface area contributed by atoms with E-state index in [1.165, 1.54) is 17.8 Å². The maximum Gasteiger partial charge on any atom is 0.236 e. The third-order valence-corrected chi connectivity index (χ3v) is 4.57. The Morgan fingerprint density at radius 1 is 1.42 bits per heavy atom. The number of benzene rings is 1. The van der Waals surface area contributed by atoms with E-state index in [0.29, 0.717) is 12.1 Å². The van der Waals surface area contributed by atoms with Crippen molar-refractivity contribution in [2.75, 3.05) is 19.6 Å². The lowest BCUT2D eigenvalue weighted by molar-refractivity contribution is -0.129. The molecular formula is C14H19FN2OS. The third-order valence-electron chi connectivity index (χ3n) is 3.20. The Hall–Kier alpha value is -1.07. The summed E-state index contributed by atoms with van der Waals surface area (Å²) in [6.45, 7) is 6.13. The van der Waals surface area contributed by atoms with Crippen LogP contribution in [0.4, 0.5) is 4.39 Å². The van der Waals surface area contributed by atoms with Crippen molar-refractivity contribution >= 4 is 17.7 Å². The molecule has 1 saturated heterocycles. The lowest BCUT2D eigenvalue weighted by atomic mass is 10.2. The normalized spacial score (nSPS) is 23.1. The van der Waals surface area contributed by atoms with Crippen LogP contribution in [0.5, 0.6) is 0 Å². The fourth-order valence-electron chi connectivity index (χ4n) is 2.19. The minimum absolute atomic E-state index is 0.0937. The largest absolute Gasteiger partial charge is 0.324 e. The lowest BCUT2D eigenvalue weighted by Crippen LogP contribution is -2.36. The van der Waals surface area contributed by atoms with E-state index in [1.807, 2.05) is 19.9 Å². The van der Waals surface area contributed by atoms with Gasteiger partial charge < -0.3 is 10.2 Å². The molecule has 1 fully saturated rings. The first-order chi connectivity index (χ1) is 9.15. The molecule has 0 radical (unpaired) electrons. The van der Waals surface area contributed by atoms with Crippen LogP contribution in [0.25, 0.3) is 0 Å². The fourth-order valence-corrected chi connectivity index (χ4v) is 3.53. The highest BCUT2D eigenvalue weighted by molar-refractivity contribution is 8.01. The zero-order valence-corrected chi connectivity index (χ0v) is 12.0. The first kappa shape index (κ1) is 14.3. The summed E-state index contributed by atoms with van der Waals surface area (Å²) in [5, 5.41) is 2.89. The first-order valence-corrected chi connectivity index (χ1v) is 7.50. The smallest absolute Gasteiger partial charge is 0.236 e. The predicted octanol–water partition coefficient (Wildman–Crippen LogP) is 2.40. The molecule has 0 saturated carbocycles. The van der Waals surface area contributed by atoms with Crippen LogP contribution >= 0.6 is 11.8 Å². The second-order valence-corrected chi connectivity index (χ2v) is 5.96. The van der Waals surface area contributed by atoms with Crippen molar-refractivity contribution in [1.29, 1.82) is 0 Å². The Morgan fingerprint density at radius 3 is 2.84 bits per heavy atom. The summed E-state index contributed by atoms with van der Waals surface area (Å²) in [4.78, 5) is 13.9. The molecule has 2 rings (SSSR count). The van der Waals surface area contributed by atoms with Gasteiger partial charge >= 0.3 is 0 Å². The Labute approximate surface area is 117 Å². The minimum atomic E-state index is -0.240. The number of hydrogen-bond donors (Lipinski definition) is 1. The number of likely N-dealkylation sites (N-methyl/N-ethyl adjacent to an activating group) is 1. The molecular weight excluding hydrogens is 263 g/mol. The molecule has 1 aromatic rings. The summed E-state index contributed by atoms with van der Waals surface area (Å²) in [6.07, 6.45) is 0. The summed E-state index contributed by atoms with van der Waals surface area (Å²) < 4.78 is 13.9. The monoisotopic (exact) mass is 282 g/mol. The van der Waals surface area contributed by atoms with Gasteiger partial charge in [0.15, 0.2) is 0 Å². The molecule has 1 heterocycles. The molecule has 0 aliphatic carbocycles. The molecule has 0 bridgehead atoms. The molecule has 1 aromatic carbocycles. The maximum atomic E-state index is 13.9. The van der Waals surface area contributed by atoms with Crippen molar-refractivity contribution in [2.24, 2.45) is 0 Å². The van der Waals surface area contributed by atoms with Crippen LogP contribution in [-0.2, 0) is 4.79 Å². The van der Waals surface area contributed by atoms with Crippen molar-refractivity contribution in [3.8, 4) is 0 Å². The van der Waals surface area contributed by atoms with Gasteiger partial charge in [-0.2, -0.15) is 0 Å². The molecule has 1 N–H and O–H groups in total. The standard InChI is InChI=1S/C14H19FN2OS/c1-3-16-8-9-17-13(18)10(2)19-14(17)11-6-4-5-7-12(11)15/h4-7,10,14,16H,3,8-9H2,1-2H3. The highest BCUT2D eigenvalue weighted by Crippen LogP contribution is 2.43. The predicted molar refractivity (Wildman–Crippen MR) is 76.5 cm³/mol. The van der Waals surface area contributed by atoms with Gasteiger partial charge in [-0.05, 0) is 19.5 Å². The molecule has 1 amide bonds. The SMILES string of the molecule is CCNCCN1C(=O)C(C)SC1c1ccccc1F. The van der Waals surface area contributed by atoms with Crippen molar-refractivity contribution in [2.45, 2.75) is 24.5 Å². The molecule has 1 aliphatic heterocycles. The van der Waals surface area contributed by atoms with Crippen LogP contribution in [0.2, 0.25) is 0 Å². The van der Waals surface area contributed by atoms with Gasteiger partial charge in [0.05, 0.1) is 5.25 Å². The van der Waals surface area contributed by atoms with E-state index in [4.69, 9.17) is 0 Å². The number of carbonyl (C=O) groups excluding carboxylic acids is 1. The Balaban J connectivity index is 2.17. The highest BCUT2D eigenvalue weighted by atomic mass is 32.2. The average molecular weight is 282 g/mol. The number of carbonyl (C=O) groups is 1. The fraction of sp³-hybridized carbons (Fsp3) is 0.500. The van der Waals surface area contributed by atoms with E-state index in [1.54, 1.807) is 17.0 Å². The van der Waals surface area contributed by atoms with Gasteiger partial charge in [0, 0.05) is 18.7 Å². The van der Waals surface area contributed by atoms with E-state index < -0.39 is 0 Å². The van der Waals surface area contributed by atoms with Crippen LogP contribution in [-0.4, -0.2) is 35.7 Å². The quantitative estimate of drug-likeness (QED) is 0.842. The number of nitrogens with zero attached hydrogens (tertiary/aromatic N) is 1. The van der Waals surface area contributed by atoms with Crippen molar-refractivity contribution in [3.05, 3.63) is 35.6 Å². The molecule has 1 aliphatic rings. The van der Waals surface area contributed by atoms with Gasteiger partial charge in [0.25, 0.3) is 0 Å². The van der Waals surface area contributed by atoms with Gasteiger partial charge in [-0.15, -0.1) is 11.8 Å². The second-order valence-electron chi connectivity index (χ2n) is 4.54. The summed E-state index contributed by atoms with van der Waals surface area (Å²) in [5.41, 5.74) is 0.599. The van der Waals surface area contributed by atoms with E-state index in [0.717, 1.165) is 13.1 Å². The molecule has 3 nitrogen and oxygen atoms in total. The summed E-state index contributed by atoms with van der Waals surface area (Å²) in [5.74, 6) is -0.147. The summed E-state index contributed by atoms with van der Waals surface area (Å²) in [6, 6.07) is 6.70. The lowest BCUT2D eigenvalue weighted by Gasteiger charge is -2.24. The minimum Gasteiger partial charge on any atom is -0.324 e.